The van der Waals surface area contributed by atoms with Gasteiger partial charge in [-0.2, -0.15) is 0 Å². The molecule has 0 aliphatic carbocycles. The van der Waals surface area contributed by atoms with E-state index in [1.54, 1.807) is 11.8 Å². The molecular weight excluding hydrogens is 190 g/mol. The minimum Gasteiger partial charge on any atom is -0.324 e. The second-order valence-electron chi connectivity index (χ2n) is 4.01. The van der Waals surface area contributed by atoms with Crippen molar-refractivity contribution in [2.24, 2.45) is 11.7 Å². The van der Waals surface area contributed by atoms with E-state index in [0.29, 0.717) is 5.92 Å². The molecular formula is C12H19NS. The van der Waals surface area contributed by atoms with Crippen LogP contribution < -0.4 is 5.73 Å². The first-order chi connectivity index (χ1) is 6.63. The molecule has 0 fully saturated rings. The van der Waals surface area contributed by atoms with Gasteiger partial charge in [-0.05, 0) is 36.3 Å². The first-order valence-electron chi connectivity index (χ1n) is 5.03. The number of hydrogen-bond donors (Lipinski definition) is 1. The van der Waals surface area contributed by atoms with Gasteiger partial charge in [0, 0.05) is 10.9 Å². The van der Waals surface area contributed by atoms with Crippen LogP contribution in [-0.4, -0.2) is 6.26 Å². The molecule has 0 unspecified atom stereocenters. The Morgan fingerprint density at radius 3 is 2.21 bits per heavy atom. The lowest BCUT2D eigenvalue weighted by molar-refractivity contribution is 0.510. The van der Waals surface area contributed by atoms with Crippen molar-refractivity contribution in [3.8, 4) is 0 Å². The smallest absolute Gasteiger partial charge is 0.0297 e. The molecule has 0 aliphatic rings. The maximum Gasteiger partial charge on any atom is 0.0297 e. The highest BCUT2D eigenvalue weighted by Gasteiger charge is 2.07. The van der Waals surface area contributed by atoms with Crippen molar-refractivity contribution in [1.29, 1.82) is 0 Å². The monoisotopic (exact) mass is 209 g/mol. The quantitative estimate of drug-likeness (QED) is 0.769. The molecule has 1 nitrogen and oxygen atoms in total. The van der Waals surface area contributed by atoms with Crippen molar-refractivity contribution in [1.82, 2.24) is 0 Å². The lowest BCUT2D eigenvalue weighted by Crippen LogP contribution is -2.12. The minimum absolute atomic E-state index is 0.186. The van der Waals surface area contributed by atoms with Gasteiger partial charge in [-0.15, -0.1) is 11.8 Å². The largest absolute Gasteiger partial charge is 0.324 e. The molecule has 0 spiro atoms. The van der Waals surface area contributed by atoms with E-state index in [9.17, 15) is 0 Å². The van der Waals surface area contributed by atoms with Gasteiger partial charge in [0.05, 0.1) is 0 Å². The van der Waals surface area contributed by atoms with Gasteiger partial charge in [0.15, 0.2) is 0 Å². The fourth-order valence-corrected chi connectivity index (χ4v) is 1.90. The van der Waals surface area contributed by atoms with E-state index < -0.39 is 0 Å². The maximum absolute atomic E-state index is 6.08. The molecule has 0 amide bonds. The van der Waals surface area contributed by atoms with E-state index in [0.717, 1.165) is 6.42 Å². The number of hydrogen-bond acceptors (Lipinski definition) is 2. The van der Waals surface area contributed by atoms with Gasteiger partial charge in [0.25, 0.3) is 0 Å². The Labute approximate surface area is 91.1 Å². The molecule has 0 saturated heterocycles. The van der Waals surface area contributed by atoms with Crippen LogP contribution in [0.5, 0.6) is 0 Å². The fourth-order valence-electron chi connectivity index (χ4n) is 1.50. The minimum atomic E-state index is 0.186. The van der Waals surface area contributed by atoms with Crippen molar-refractivity contribution in [2.75, 3.05) is 6.26 Å². The van der Waals surface area contributed by atoms with Crippen molar-refractivity contribution in [2.45, 2.75) is 31.2 Å². The predicted molar refractivity (Wildman–Crippen MR) is 64.6 cm³/mol. The fraction of sp³-hybridized carbons (Fsp3) is 0.500. The van der Waals surface area contributed by atoms with Crippen LogP contribution >= 0.6 is 11.8 Å². The highest BCUT2D eigenvalue weighted by molar-refractivity contribution is 7.98. The standard InChI is InChI=1S/C12H19NS/c1-9(2)8-12(13)10-4-6-11(14-3)7-5-10/h4-7,9,12H,8,13H2,1-3H3/t12-/m1/s1. The summed E-state index contributed by atoms with van der Waals surface area (Å²) in [4.78, 5) is 1.30. The van der Waals surface area contributed by atoms with Crippen LogP contribution in [0.2, 0.25) is 0 Å². The van der Waals surface area contributed by atoms with Crippen molar-refractivity contribution >= 4 is 11.8 Å². The third-order valence-corrected chi connectivity index (χ3v) is 3.01. The molecule has 2 heteroatoms. The summed E-state index contributed by atoms with van der Waals surface area (Å²) >= 11 is 1.76. The predicted octanol–water partition coefficient (Wildman–Crippen LogP) is 3.45. The van der Waals surface area contributed by atoms with Crippen LogP contribution in [0.15, 0.2) is 29.2 Å². The average Bonchev–Trinajstić information content (AvgIpc) is 2.17. The molecule has 1 rings (SSSR count). The number of rotatable bonds is 4. The number of benzene rings is 1. The van der Waals surface area contributed by atoms with Gasteiger partial charge < -0.3 is 5.73 Å². The molecule has 0 saturated carbocycles. The van der Waals surface area contributed by atoms with Gasteiger partial charge in [-0.1, -0.05) is 26.0 Å². The molecule has 14 heavy (non-hydrogen) atoms. The first-order valence-corrected chi connectivity index (χ1v) is 6.25. The third-order valence-electron chi connectivity index (χ3n) is 2.27. The van der Waals surface area contributed by atoms with Crippen LogP contribution in [0.25, 0.3) is 0 Å². The van der Waals surface area contributed by atoms with Crippen LogP contribution in [-0.2, 0) is 0 Å². The molecule has 0 heterocycles. The average molecular weight is 209 g/mol. The summed E-state index contributed by atoms with van der Waals surface area (Å²) in [5.74, 6) is 0.658. The Morgan fingerprint density at radius 1 is 1.21 bits per heavy atom. The molecule has 0 radical (unpaired) electrons. The summed E-state index contributed by atoms with van der Waals surface area (Å²) in [6.07, 6.45) is 3.14. The molecule has 0 aromatic heterocycles. The lowest BCUT2D eigenvalue weighted by Gasteiger charge is -2.14. The van der Waals surface area contributed by atoms with Gasteiger partial charge >= 0.3 is 0 Å². The van der Waals surface area contributed by atoms with Crippen LogP contribution in [0.3, 0.4) is 0 Å². The summed E-state index contributed by atoms with van der Waals surface area (Å²) in [5.41, 5.74) is 7.33. The Morgan fingerprint density at radius 2 is 1.79 bits per heavy atom. The SMILES string of the molecule is CSc1ccc([C@H](N)CC(C)C)cc1. The third kappa shape index (κ3) is 3.35. The second-order valence-corrected chi connectivity index (χ2v) is 4.89. The summed E-state index contributed by atoms with van der Waals surface area (Å²) < 4.78 is 0. The van der Waals surface area contributed by atoms with Gasteiger partial charge in [0.1, 0.15) is 0 Å². The summed E-state index contributed by atoms with van der Waals surface area (Å²) in [5, 5.41) is 0. The number of thioether (sulfide) groups is 1. The van der Waals surface area contributed by atoms with Gasteiger partial charge in [-0.3, -0.25) is 0 Å². The zero-order valence-electron chi connectivity index (χ0n) is 9.16. The van der Waals surface area contributed by atoms with E-state index in [4.69, 9.17) is 5.73 Å². The van der Waals surface area contributed by atoms with Crippen molar-refractivity contribution in [3.05, 3.63) is 29.8 Å². The normalized spacial score (nSPS) is 13.2. The van der Waals surface area contributed by atoms with E-state index in [2.05, 4.69) is 44.4 Å². The zero-order chi connectivity index (χ0) is 10.6. The Hall–Kier alpha value is -0.470. The Kier molecular flexibility index (Phi) is 4.49. The molecule has 1 atom stereocenters. The molecule has 0 bridgehead atoms. The van der Waals surface area contributed by atoms with Gasteiger partial charge in [-0.25, -0.2) is 0 Å². The summed E-state index contributed by atoms with van der Waals surface area (Å²) in [6, 6.07) is 8.74. The molecule has 0 aliphatic heterocycles. The second kappa shape index (κ2) is 5.42. The van der Waals surface area contributed by atoms with Crippen LogP contribution in [0.1, 0.15) is 31.9 Å². The topological polar surface area (TPSA) is 26.0 Å². The lowest BCUT2D eigenvalue weighted by atomic mass is 9.98. The van der Waals surface area contributed by atoms with Crippen molar-refractivity contribution in [3.63, 3.8) is 0 Å². The van der Waals surface area contributed by atoms with Crippen molar-refractivity contribution < 1.29 is 0 Å². The van der Waals surface area contributed by atoms with Crippen LogP contribution in [0.4, 0.5) is 0 Å². The van der Waals surface area contributed by atoms with E-state index in [1.165, 1.54) is 10.5 Å². The first kappa shape index (κ1) is 11.6. The summed E-state index contributed by atoms with van der Waals surface area (Å²) in [7, 11) is 0. The van der Waals surface area contributed by atoms with Gasteiger partial charge in [0.2, 0.25) is 0 Å². The molecule has 1 aromatic carbocycles. The van der Waals surface area contributed by atoms with E-state index in [-0.39, 0.29) is 6.04 Å². The van der Waals surface area contributed by atoms with Crippen LogP contribution in [0, 0.1) is 5.92 Å². The maximum atomic E-state index is 6.08. The number of nitrogens with two attached hydrogens (primary N) is 1. The summed E-state index contributed by atoms with van der Waals surface area (Å²) in [6.45, 7) is 4.41. The molecule has 1 aromatic rings. The highest BCUT2D eigenvalue weighted by Crippen LogP contribution is 2.21. The highest BCUT2D eigenvalue weighted by atomic mass is 32.2. The zero-order valence-corrected chi connectivity index (χ0v) is 9.97. The Bertz CT molecular complexity index is 266. The Balaban J connectivity index is 2.66. The molecule has 2 N–H and O–H groups in total. The van der Waals surface area contributed by atoms with E-state index in [1.807, 2.05) is 0 Å². The molecule has 78 valence electrons. The van der Waals surface area contributed by atoms with E-state index >= 15 is 0 Å².